The molecule has 126 valence electrons. The number of rotatable bonds is 7. The van der Waals surface area contributed by atoms with Crippen LogP contribution >= 0.6 is 0 Å². The zero-order valence-electron chi connectivity index (χ0n) is 14.1. The molecule has 0 bridgehead atoms. The molecule has 0 fully saturated rings. The average Bonchev–Trinajstić information content (AvgIpc) is 2.61. The van der Waals surface area contributed by atoms with Gasteiger partial charge in [-0.05, 0) is 32.1 Å². The molecule has 1 aliphatic carbocycles. The van der Waals surface area contributed by atoms with Crippen LogP contribution in [0.1, 0.15) is 42.5 Å². The van der Waals surface area contributed by atoms with Gasteiger partial charge in [-0.25, -0.2) is 0 Å². The first kappa shape index (κ1) is 17.2. The van der Waals surface area contributed by atoms with Crippen molar-refractivity contribution in [2.75, 3.05) is 27.9 Å². The second-order valence-electron chi connectivity index (χ2n) is 5.52. The van der Waals surface area contributed by atoms with Gasteiger partial charge in [-0.1, -0.05) is 11.6 Å². The zero-order chi connectivity index (χ0) is 16.7. The first-order valence-corrected chi connectivity index (χ1v) is 7.95. The summed E-state index contributed by atoms with van der Waals surface area (Å²) in [5.41, 5.74) is 1.89. The molecule has 0 radical (unpaired) electrons. The third-order valence-corrected chi connectivity index (χ3v) is 4.07. The maximum atomic E-state index is 12.4. The van der Waals surface area contributed by atoms with E-state index < -0.39 is 0 Å². The second kappa shape index (κ2) is 8.46. The van der Waals surface area contributed by atoms with Crippen LogP contribution in [-0.4, -0.2) is 33.8 Å². The molecule has 0 aromatic heterocycles. The summed E-state index contributed by atoms with van der Waals surface area (Å²) in [5, 5.41) is 2.95. The fourth-order valence-corrected chi connectivity index (χ4v) is 2.77. The Morgan fingerprint density at radius 3 is 2.35 bits per heavy atom. The summed E-state index contributed by atoms with van der Waals surface area (Å²) >= 11 is 0. The van der Waals surface area contributed by atoms with Gasteiger partial charge in [0.25, 0.3) is 5.91 Å². The van der Waals surface area contributed by atoms with Crippen LogP contribution in [-0.2, 0) is 0 Å². The molecular weight excluding hydrogens is 294 g/mol. The van der Waals surface area contributed by atoms with E-state index >= 15 is 0 Å². The lowest BCUT2D eigenvalue weighted by Crippen LogP contribution is -2.25. The highest BCUT2D eigenvalue weighted by molar-refractivity contribution is 5.97. The largest absolute Gasteiger partial charge is 0.496 e. The Bertz CT molecular complexity index is 581. The Labute approximate surface area is 137 Å². The van der Waals surface area contributed by atoms with Crippen LogP contribution in [0, 0.1) is 0 Å². The van der Waals surface area contributed by atoms with E-state index in [4.69, 9.17) is 14.2 Å². The topological polar surface area (TPSA) is 56.8 Å². The number of allylic oxidation sites excluding steroid dienone is 1. The molecule has 1 N–H and O–H groups in total. The lowest BCUT2D eigenvalue weighted by atomic mass is 9.97. The molecule has 1 aromatic rings. The highest BCUT2D eigenvalue weighted by Gasteiger charge is 2.17. The van der Waals surface area contributed by atoms with Crippen LogP contribution in [0.25, 0.3) is 0 Å². The Kier molecular flexibility index (Phi) is 6.32. The van der Waals surface area contributed by atoms with Crippen LogP contribution in [0.5, 0.6) is 17.2 Å². The van der Waals surface area contributed by atoms with Crippen molar-refractivity contribution in [3.63, 3.8) is 0 Å². The standard InChI is InChI=1S/C18H25NO4/c1-21-15-12-17(23-3)16(22-2)11-14(15)18(20)19-10-9-13-7-5-4-6-8-13/h7,11-12H,4-6,8-10H2,1-3H3,(H,19,20). The van der Waals surface area contributed by atoms with Crippen molar-refractivity contribution in [2.45, 2.75) is 32.1 Å². The van der Waals surface area contributed by atoms with Gasteiger partial charge in [0, 0.05) is 18.7 Å². The summed E-state index contributed by atoms with van der Waals surface area (Å²) in [6.07, 6.45) is 8.04. The second-order valence-corrected chi connectivity index (χ2v) is 5.52. The SMILES string of the molecule is COc1cc(OC)c(C(=O)NCCC2=CCCCC2)cc1OC. The third kappa shape index (κ3) is 4.41. The van der Waals surface area contributed by atoms with E-state index in [0.717, 1.165) is 19.3 Å². The van der Waals surface area contributed by atoms with Crippen molar-refractivity contribution < 1.29 is 19.0 Å². The van der Waals surface area contributed by atoms with E-state index in [0.29, 0.717) is 29.4 Å². The predicted octanol–water partition coefficient (Wildman–Crippen LogP) is 3.33. The van der Waals surface area contributed by atoms with Crippen LogP contribution in [0.4, 0.5) is 0 Å². The summed E-state index contributed by atoms with van der Waals surface area (Å²) < 4.78 is 15.8. The quantitative estimate of drug-likeness (QED) is 0.783. The van der Waals surface area contributed by atoms with Gasteiger partial charge in [-0.2, -0.15) is 0 Å². The maximum absolute atomic E-state index is 12.4. The van der Waals surface area contributed by atoms with E-state index in [1.165, 1.54) is 25.5 Å². The van der Waals surface area contributed by atoms with Crippen molar-refractivity contribution in [2.24, 2.45) is 0 Å². The molecule has 0 unspecified atom stereocenters. The number of amides is 1. The van der Waals surface area contributed by atoms with E-state index in [9.17, 15) is 4.79 Å². The minimum Gasteiger partial charge on any atom is -0.496 e. The van der Waals surface area contributed by atoms with E-state index in [-0.39, 0.29) is 5.91 Å². The van der Waals surface area contributed by atoms with Crippen LogP contribution in [0.15, 0.2) is 23.8 Å². The van der Waals surface area contributed by atoms with Gasteiger partial charge in [0.1, 0.15) is 5.75 Å². The van der Waals surface area contributed by atoms with Gasteiger partial charge in [-0.15, -0.1) is 0 Å². The summed E-state index contributed by atoms with van der Waals surface area (Å²) in [6, 6.07) is 3.31. The van der Waals surface area contributed by atoms with Gasteiger partial charge >= 0.3 is 0 Å². The summed E-state index contributed by atoms with van der Waals surface area (Å²) in [4.78, 5) is 12.4. The molecule has 0 aliphatic heterocycles. The average molecular weight is 319 g/mol. The molecule has 1 aliphatic rings. The number of carbonyl (C=O) groups excluding carboxylic acids is 1. The molecule has 23 heavy (non-hydrogen) atoms. The molecule has 5 nitrogen and oxygen atoms in total. The predicted molar refractivity (Wildman–Crippen MR) is 89.6 cm³/mol. The number of hydrogen-bond acceptors (Lipinski definition) is 4. The molecule has 5 heteroatoms. The summed E-state index contributed by atoms with van der Waals surface area (Å²) in [6.45, 7) is 0.627. The maximum Gasteiger partial charge on any atom is 0.255 e. The van der Waals surface area contributed by atoms with Crippen molar-refractivity contribution in [3.8, 4) is 17.2 Å². The molecule has 2 rings (SSSR count). The Hall–Kier alpha value is -2.17. The summed E-state index contributed by atoms with van der Waals surface area (Å²) in [7, 11) is 4.63. The van der Waals surface area contributed by atoms with E-state index in [2.05, 4.69) is 11.4 Å². The van der Waals surface area contributed by atoms with Crippen molar-refractivity contribution in [1.29, 1.82) is 0 Å². The molecule has 0 heterocycles. The number of benzene rings is 1. The third-order valence-electron chi connectivity index (χ3n) is 4.07. The highest BCUT2D eigenvalue weighted by atomic mass is 16.5. The number of carbonyl (C=O) groups is 1. The van der Waals surface area contributed by atoms with Crippen molar-refractivity contribution >= 4 is 5.91 Å². The minimum absolute atomic E-state index is 0.167. The number of nitrogens with one attached hydrogen (secondary N) is 1. The molecule has 0 spiro atoms. The fourth-order valence-electron chi connectivity index (χ4n) is 2.77. The van der Waals surface area contributed by atoms with Crippen molar-refractivity contribution in [3.05, 3.63) is 29.3 Å². The van der Waals surface area contributed by atoms with Crippen LogP contribution in [0.2, 0.25) is 0 Å². The normalized spacial score (nSPS) is 14.0. The van der Waals surface area contributed by atoms with Crippen LogP contribution in [0.3, 0.4) is 0 Å². The Balaban J connectivity index is 2.04. The van der Waals surface area contributed by atoms with Gasteiger partial charge in [0.05, 0.1) is 26.9 Å². The lowest BCUT2D eigenvalue weighted by Gasteiger charge is -2.15. The number of ether oxygens (including phenoxy) is 3. The summed E-state index contributed by atoms with van der Waals surface area (Å²) in [5.74, 6) is 1.35. The Morgan fingerprint density at radius 1 is 1.04 bits per heavy atom. The molecular formula is C18H25NO4. The van der Waals surface area contributed by atoms with Gasteiger partial charge < -0.3 is 19.5 Å². The minimum atomic E-state index is -0.167. The van der Waals surface area contributed by atoms with Gasteiger partial charge in [-0.3, -0.25) is 4.79 Å². The van der Waals surface area contributed by atoms with E-state index in [1.807, 2.05) is 0 Å². The number of methoxy groups -OCH3 is 3. The van der Waals surface area contributed by atoms with Gasteiger partial charge in [0.15, 0.2) is 11.5 Å². The van der Waals surface area contributed by atoms with E-state index in [1.54, 1.807) is 26.4 Å². The molecule has 0 saturated heterocycles. The van der Waals surface area contributed by atoms with Crippen LogP contribution < -0.4 is 19.5 Å². The molecule has 0 saturated carbocycles. The number of hydrogen-bond donors (Lipinski definition) is 1. The monoisotopic (exact) mass is 319 g/mol. The van der Waals surface area contributed by atoms with Crippen molar-refractivity contribution in [1.82, 2.24) is 5.32 Å². The smallest absolute Gasteiger partial charge is 0.255 e. The van der Waals surface area contributed by atoms with Gasteiger partial charge in [0.2, 0.25) is 0 Å². The Morgan fingerprint density at radius 2 is 1.74 bits per heavy atom. The lowest BCUT2D eigenvalue weighted by molar-refractivity contribution is 0.0950. The fraction of sp³-hybridized carbons (Fsp3) is 0.500. The molecule has 1 aromatic carbocycles. The first-order chi connectivity index (χ1) is 11.2. The first-order valence-electron chi connectivity index (χ1n) is 7.95. The highest BCUT2D eigenvalue weighted by Crippen LogP contribution is 2.34. The molecule has 1 amide bonds. The zero-order valence-corrected chi connectivity index (χ0v) is 14.1. The molecule has 0 atom stereocenters.